The number of likely N-dealkylation sites (N-methyl/N-ethyl adjacent to an activating group) is 1. The zero-order valence-electron chi connectivity index (χ0n) is 11.6. The van der Waals surface area contributed by atoms with E-state index in [4.69, 9.17) is 4.74 Å². The summed E-state index contributed by atoms with van der Waals surface area (Å²) in [5.41, 5.74) is 0.488. The second-order valence-electron chi connectivity index (χ2n) is 4.79. The van der Waals surface area contributed by atoms with Gasteiger partial charge in [-0.1, -0.05) is 0 Å². The number of hydrogen-bond donors (Lipinski definition) is 1. The lowest BCUT2D eigenvalue weighted by Gasteiger charge is -2.15. The summed E-state index contributed by atoms with van der Waals surface area (Å²) in [6.07, 6.45) is 4.19. The largest absolute Gasteiger partial charge is 0.462 e. The standard InChI is InChI=1S/C14H21N3O2/c1-3-19-14(18)11-4-7-13(16-10-11)15-8-9-17(2)12-5-6-12/h4,7,10,12H,3,5-6,8-9H2,1-2H3,(H,15,16). The molecule has 1 fully saturated rings. The van der Waals surface area contributed by atoms with Gasteiger partial charge in [-0.2, -0.15) is 0 Å². The van der Waals surface area contributed by atoms with Crippen molar-refractivity contribution in [3.63, 3.8) is 0 Å². The van der Waals surface area contributed by atoms with Gasteiger partial charge in [0.25, 0.3) is 0 Å². The maximum atomic E-state index is 11.5. The fourth-order valence-corrected chi connectivity index (χ4v) is 1.89. The Labute approximate surface area is 114 Å². The molecule has 1 aliphatic carbocycles. The summed E-state index contributed by atoms with van der Waals surface area (Å²) in [4.78, 5) is 18.0. The first-order chi connectivity index (χ1) is 9.20. The Hall–Kier alpha value is -1.62. The number of ether oxygens (including phenoxy) is 1. The molecule has 104 valence electrons. The molecule has 0 bridgehead atoms. The number of nitrogens with zero attached hydrogens (tertiary/aromatic N) is 2. The molecule has 0 radical (unpaired) electrons. The van der Waals surface area contributed by atoms with Gasteiger partial charge in [0.15, 0.2) is 0 Å². The van der Waals surface area contributed by atoms with E-state index in [1.165, 1.54) is 12.8 Å². The number of nitrogens with one attached hydrogen (secondary N) is 1. The van der Waals surface area contributed by atoms with Crippen LogP contribution < -0.4 is 5.32 Å². The first-order valence-electron chi connectivity index (χ1n) is 6.78. The Morgan fingerprint density at radius 3 is 2.89 bits per heavy atom. The smallest absolute Gasteiger partial charge is 0.339 e. The van der Waals surface area contributed by atoms with Gasteiger partial charge in [-0.25, -0.2) is 9.78 Å². The number of anilines is 1. The van der Waals surface area contributed by atoms with E-state index in [1.807, 2.05) is 6.07 Å². The predicted molar refractivity (Wildman–Crippen MR) is 74.3 cm³/mol. The molecule has 0 saturated heterocycles. The van der Waals surface area contributed by atoms with Crippen LogP contribution in [0.15, 0.2) is 18.3 Å². The number of aromatic nitrogens is 1. The van der Waals surface area contributed by atoms with Gasteiger partial charge in [0.2, 0.25) is 0 Å². The highest BCUT2D eigenvalue weighted by atomic mass is 16.5. The van der Waals surface area contributed by atoms with E-state index in [2.05, 4.69) is 22.2 Å². The molecule has 0 aliphatic heterocycles. The maximum absolute atomic E-state index is 11.5. The normalized spacial score (nSPS) is 14.5. The minimum Gasteiger partial charge on any atom is -0.462 e. The van der Waals surface area contributed by atoms with Gasteiger partial charge in [0.05, 0.1) is 12.2 Å². The van der Waals surface area contributed by atoms with Crippen molar-refractivity contribution in [3.05, 3.63) is 23.9 Å². The Bertz CT molecular complexity index is 415. The van der Waals surface area contributed by atoms with Crippen molar-refractivity contribution in [1.82, 2.24) is 9.88 Å². The van der Waals surface area contributed by atoms with Crippen LogP contribution in [0.2, 0.25) is 0 Å². The molecule has 1 aromatic rings. The highest BCUT2D eigenvalue weighted by Gasteiger charge is 2.25. The van der Waals surface area contributed by atoms with Crippen LogP contribution in [0.25, 0.3) is 0 Å². The van der Waals surface area contributed by atoms with Crippen molar-refractivity contribution in [2.45, 2.75) is 25.8 Å². The molecule has 0 aromatic carbocycles. The lowest BCUT2D eigenvalue weighted by molar-refractivity contribution is 0.0526. The van der Waals surface area contributed by atoms with E-state index in [1.54, 1.807) is 19.2 Å². The van der Waals surface area contributed by atoms with Gasteiger partial charge in [0.1, 0.15) is 5.82 Å². The Morgan fingerprint density at radius 2 is 2.32 bits per heavy atom. The SMILES string of the molecule is CCOC(=O)c1ccc(NCCN(C)C2CC2)nc1. The molecule has 5 nitrogen and oxygen atoms in total. The highest BCUT2D eigenvalue weighted by molar-refractivity contribution is 5.89. The van der Waals surface area contributed by atoms with Gasteiger partial charge < -0.3 is 15.0 Å². The van der Waals surface area contributed by atoms with Crippen molar-refractivity contribution in [2.75, 3.05) is 32.1 Å². The number of carbonyl (C=O) groups excluding carboxylic acids is 1. The van der Waals surface area contributed by atoms with Crippen molar-refractivity contribution in [1.29, 1.82) is 0 Å². The third-order valence-corrected chi connectivity index (χ3v) is 3.22. The number of pyridine rings is 1. The van der Waals surface area contributed by atoms with Gasteiger partial charge in [-0.05, 0) is 38.9 Å². The van der Waals surface area contributed by atoms with E-state index >= 15 is 0 Å². The second kappa shape index (κ2) is 6.52. The van der Waals surface area contributed by atoms with Crippen LogP contribution in [0, 0.1) is 0 Å². The summed E-state index contributed by atoms with van der Waals surface area (Å²) < 4.78 is 4.91. The topological polar surface area (TPSA) is 54.5 Å². The van der Waals surface area contributed by atoms with Crippen molar-refractivity contribution >= 4 is 11.8 Å². The lowest BCUT2D eigenvalue weighted by atomic mass is 10.3. The minimum absolute atomic E-state index is 0.324. The summed E-state index contributed by atoms with van der Waals surface area (Å²) in [7, 11) is 2.15. The molecular weight excluding hydrogens is 242 g/mol. The first kappa shape index (κ1) is 13.8. The molecule has 5 heteroatoms. The van der Waals surface area contributed by atoms with Crippen molar-refractivity contribution < 1.29 is 9.53 Å². The zero-order chi connectivity index (χ0) is 13.7. The number of hydrogen-bond acceptors (Lipinski definition) is 5. The van der Waals surface area contributed by atoms with Crippen LogP contribution in [0.3, 0.4) is 0 Å². The third-order valence-electron chi connectivity index (χ3n) is 3.22. The van der Waals surface area contributed by atoms with E-state index in [0.29, 0.717) is 12.2 Å². The molecule has 19 heavy (non-hydrogen) atoms. The fraction of sp³-hybridized carbons (Fsp3) is 0.571. The summed E-state index contributed by atoms with van der Waals surface area (Å²) in [6, 6.07) is 4.32. The monoisotopic (exact) mass is 263 g/mol. The first-order valence-corrected chi connectivity index (χ1v) is 6.78. The molecule has 1 aromatic heterocycles. The van der Waals surface area contributed by atoms with Crippen molar-refractivity contribution in [3.8, 4) is 0 Å². The predicted octanol–water partition coefficient (Wildman–Crippen LogP) is 1.76. The number of esters is 1. The van der Waals surface area contributed by atoms with Gasteiger partial charge in [0, 0.05) is 25.3 Å². The second-order valence-corrected chi connectivity index (χ2v) is 4.79. The molecule has 0 amide bonds. The molecule has 1 aliphatic rings. The molecule has 1 N–H and O–H groups in total. The minimum atomic E-state index is -0.324. The van der Waals surface area contributed by atoms with Crippen molar-refractivity contribution in [2.24, 2.45) is 0 Å². The van der Waals surface area contributed by atoms with Crippen LogP contribution in [-0.2, 0) is 4.74 Å². The van der Waals surface area contributed by atoms with Crippen LogP contribution in [0.5, 0.6) is 0 Å². The molecule has 0 unspecified atom stereocenters. The van der Waals surface area contributed by atoms with Gasteiger partial charge in [-0.3, -0.25) is 0 Å². The maximum Gasteiger partial charge on any atom is 0.339 e. The summed E-state index contributed by atoms with van der Waals surface area (Å²) in [5.74, 6) is 0.465. The molecular formula is C14H21N3O2. The molecule has 0 spiro atoms. The summed E-state index contributed by atoms with van der Waals surface area (Å²) in [6.45, 7) is 4.04. The average molecular weight is 263 g/mol. The van der Waals surface area contributed by atoms with Crippen LogP contribution in [0.1, 0.15) is 30.1 Å². The Balaban J connectivity index is 1.76. The molecule has 0 atom stereocenters. The van der Waals surface area contributed by atoms with E-state index in [-0.39, 0.29) is 5.97 Å². The van der Waals surface area contributed by atoms with E-state index in [0.717, 1.165) is 24.9 Å². The Kier molecular flexibility index (Phi) is 4.74. The van der Waals surface area contributed by atoms with Crippen LogP contribution >= 0.6 is 0 Å². The third kappa shape index (κ3) is 4.21. The lowest BCUT2D eigenvalue weighted by Crippen LogP contribution is -2.27. The average Bonchev–Trinajstić information content (AvgIpc) is 3.24. The van der Waals surface area contributed by atoms with E-state index in [9.17, 15) is 4.79 Å². The zero-order valence-corrected chi connectivity index (χ0v) is 11.6. The molecule has 1 heterocycles. The van der Waals surface area contributed by atoms with Crippen LogP contribution in [0.4, 0.5) is 5.82 Å². The number of carbonyl (C=O) groups is 1. The van der Waals surface area contributed by atoms with Gasteiger partial charge >= 0.3 is 5.97 Å². The summed E-state index contributed by atoms with van der Waals surface area (Å²) >= 11 is 0. The summed E-state index contributed by atoms with van der Waals surface area (Å²) in [5, 5.41) is 3.25. The van der Waals surface area contributed by atoms with Gasteiger partial charge in [-0.15, -0.1) is 0 Å². The molecule has 1 saturated carbocycles. The Morgan fingerprint density at radius 1 is 1.53 bits per heavy atom. The van der Waals surface area contributed by atoms with E-state index < -0.39 is 0 Å². The fourth-order valence-electron chi connectivity index (χ4n) is 1.89. The number of rotatable bonds is 7. The highest BCUT2D eigenvalue weighted by Crippen LogP contribution is 2.24. The molecule has 2 rings (SSSR count). The van der Waals surface area contributed by atoms with Crippen LogP contribution in [-0.4, -0.2) is 48.6 Å². The quantitative estimate of drug-likeness (QED) is 0.760.